The Morgan fingerprint density at radius 2 is 2.17 bits per heavy atom. The predicted molar refractivity (Wildman–Crippen MR) is 91.3 cm³/mol. The van der Waals surface area contributed by atoms with Crippen LogP contribution in [-0.4, -0.2) is 45.8 Å². The second-order valence-electron chi connectivity index (χ2n) is 6.82. The van der Waals surface area contributed by atoms with Crippen molar-refractivity contribution in [1.82, 2.24) is 20.4 Å². The van der Waals surface area contributed by atoms with E-state index in [1.165, 1.54) is 0 Å². The number of nitrogens with zero attached hydrogens (tertiary/aromatic N) is 3. The summed E-state index contributed by atoms with van der Waals surface area (Å²) in [6.45, 7) is 6.89. The van der Waals surface area contributed by atoms with Crippen molar-refractivity contribution in [3.8, 4) is 0 Å². The number of hydrogen-bond donors (Lipinski definition) is 2. The van der Waals surface area contributed by atoms with Gasteiger partial charge in [0.05, 0.1) is 12.1 Å². The Hall–Kier alpha value is -1.76. The Labute approximate surface area is 142 Å². The van der Waals surface area contributed by atoms with Gasteiger partial charge in [0, 0.05) is 26.1 Å². The summed E-state index contributed by atoms with van der Waals surface area (Å²) in [5, 5.41) is 18.2. The lowest BCUT2D eigenvalue weighted by Crippen LogP contribution is -2.49. The lowest BCUT2D eigenvalue weighted by atomic mass is 9.95. The van der Waals surface area contributed by atoms with Crippen LogP contribution in [0.3, 0.4) is 0 Å². The molecule has 2 N–H and O–H groups in total. The highest BCUT2D eigenvalue weighted by molar-refractivity contribution is 5.21. The molecule has 0 spiro atoms. The number of piperidine rings is 1. The molecule has 2 atom stereocenters. The Bertz CT molecular complexity index is 641. The number of aromatic nitrogens is 2. The molecular weight excluding hydrogens is 304 g/mol. The second-order valence-corrected chi connectivity index (χ2v) is 6.82. The Morgan fingerprint density at radius 1 is 1.38 bits per heavy atom. The van der Waals surface area contributed by atoms with Crippen LogP contribution < -0.4 is 5.32 Å². The topological polar surface area (TPSA) is 74.4 Å². The van der Waals surface area contributed by atoms with E-state index in [2.05, 4.69) is 20.4 Å². The van der Waals surface area contributed by atoms with E-state index in [-0.39, 0.29) is 0 Å². The van der Waals surface area contributed by atoms with Crippen LogP contribution in [0.25, 0.3) is 0 Å². The predicted octanol–water partition coefficient (Wildman–Crippen LogP) is 1.84. The van der Waals surface area contributed by atoms with Gasteiger partial charge < -0.3 is 14.9 Å². The maximum Gasteiger partial charge on any atom is 0.223 e. The molecule has 0 amide bonds. The van der Waals surface area contributed by atoms with Gasteiger partial charge in [0.2, 0.25) is 5.89 Å². The minimum Gasteiger partial charge on any atom is -0.384 e. The number of rotatable bonds is 6. The molecule has 6 nitrogen and oxygen atoms in total. The summed E-state index contributed by atoms with van der Waals surface area (Å²) in [6.07, 6.45) is 2.24. The number of nitrogens with one attached hydrogen (secondary N) is 1. The van der Waals surface area contributed by atoms with Crippen molar-refractivity contribution >= 4 is 0 Å². The van der Waals surface area contributed by atoms with E-state index >= 15 is 0 Å². The molecule has 3 rings (SSSR count). The first-order chi connectivity index (χ1) is 11.5. The fourth-order valence-corrected chi connectivity index (χ4v) is 3.21. The summed E-state index contributed by atoms with van der Waals surface area (Å²) in [7, 11) is 0. The molecule has 1 aliphatic heterocycles. The third-order valence-corrected chi connectivity index (χ3v) is 4.57. The average Bonchev–Trinajstić information content (AvgIpc) is 2.99. The fourth-order valence-electron chi connectivity index (χ4n) is 3.21. The number of hydrogen-bond acceptors (Lipinski definition) is 6. The van der Waals surface area contributed by atoms with Gasteiger partial charge in [-0.1, -0.05) is 35.5 Å². The van der Waals surface area contributed by atoms with Gasteiger partial charge in [-0.2, -0.15) is 4.98 Å². The van der Waals surface area contributed by atoms with Crippen LogP contribution in [0.4, 0.5) is 0 Å². The standard InChI is InChI=1S/C18H26N4O2/c1-14-20-17(21-24-14)12-22-10-6-9-16(11-22)19-13-18(2,23)15-7-4-3-5-8-15/h3-5,7-8,16,19,23H,6,9-13H2,1-2H3/t16-,18-/m1/s1. The third-order valence-electron chi connectivity index (χ3n) is 4.57. The Morgan fingerprint density at radius 3 is 2.88 bits per heavy atom. The van der Waals surface area contributed by atoms with Crippen molar-refractivity contribution in [2.24, 2.45) is 0 Å². The molecule has 2 heterocycles. The van der Waals surface area contributed by atoms with Crippen molar-refractivity contribution in [1.29, 1.82) is 0 Å². The summed E-state index contributed by atoms with van der Waals surface area (Å²) in [5.74, 6) is 1.35. The lowest BCUT2D eigenvalue weighted by molar-refractivity contribution is 0.0487. The summed E-state index contributed by atoms with van der Waals surface area (Å²) in [4.78, 5) is 6.61. The molecule has 0 unspecified atom stereocenters. The highest BCUT2D eigenvalue weighted by Crippen LogP contribution is 2.20. The van der Waals surface area contributed by atoms with E-state index in [1.54, 1.807) is 0 Å². The van der Waals surface area contributed by atoms with Crippen molar-refractivity contribution in [3.63, 3.8) is 0 Å². The van der Waals surface area contributed by atoms with Gasteiger partial charge in [0.1, 0.15) is 0 Å². The van der Waals surface area contributed by atoms with Crippen LogP contribution >= 0.6 is 0 Å². The largest absolute Gasteiger partial charge is 0.384 e. The monoisotopic (exact) mass is 330 g/mol. The van der Waals surface area contributed by atoms with Gasteiger partial charge in [0.25, 0.3) is 0 Å². The zero-order chi connectivity index (χ0) is 17.0. The van der Waals surface area contributed by atoms with Gasteiger partial charge in [-0.3, -0.25) is 4.90 Å². The van der Waals surface area contributed by atoms with Crippen LogP contribution in [0.5, 0.6) is 0 Å². The van der Waals surface area contributed by atoms with E-state index in [9.17, 15) is 5.11 Å². The van der Waals surface area contributed by atoms with Crippen LogP contribution in [0.15, 0.2) is 34.9 Å². The molecule has 0 radical (unpaired) electrons. The van der Waals surface area contributed by atoms with Crippen molar-refractivity contribution in [2.75, 3.05) is 19.6 Å². The first-order valence-corrected chi connectivity index (χ1v) is 8.56. The quantitative estimate of drug-likeness (QED) is 0.842. The molecule has 0 bridgehead atoms. The molecule has 0 saturated carbocycles. The van der Waals surface area contributed by atoms with Crippen LogP contribution in [0, 0.1) is 6.92 Å². The van der Waals surface area contributed by atoms with Gasteiger partial charge in [0.15, 0.2) is 5.82 Å². The third kappa shape index (κ3) is 4.41. The number of likely N-dealkylation sites (tertiary alicyclic amines) is 1. The second kappa shape index (κ2) is 7.42. The lowest BCUT2D eigenvalue weighted by Gasteiger charge is -2.34. The van der Waals surface area contributed by atoms with E-state index in [0.29, 0.717) is 25.0 Å². The molecule has 24 heavy (non-hydrogen) atoms. The molecule has 1 aliphatic rings. The van der Waals surface area contributed by atoms with Gasteiger partial charge in [-0.15, -0.1) is 0 Å². The smallest absolute Gasteiger partial charge is 0.223 e. The average molecular weight is 330 g/mol. The van der Waals surface area contributed by atoms with Crippen LogP contribution in [0.1, 0.15) is 37.0 Å². The first kappa shape index (κ1) is 17.1. The van der Waals surface area contributed by atoms with Crippen LogP contribution in [-0.2, 0) is 12.1 Å². The molecule has 1 fully saturated rings. The molecule has 1 aromatic heterocycles. The van der Waals surface area contributed by atoms with Crippen molar-refractivity contribution in [3.05, 3.63) is 47.6 Å². The summed E-state index contributed by atoms with van der Waals surface area (Å²) in [5.41, 5.74) is 0.0707. The van der Waals surface area contributed by atoms with Crippen LogP contribution in [0.2, 0.25) is 0 Å². The van der Waals surface area contributed by atoms with Crippen molar-refractivity contribution in [2.45, 2.75) is 44.9 Å². The molecule has 1 saturated heterocycles. The minimum atomic E-state index is -0.867. The van der Waals surface area contributed by atoms with E-state index in [1.807, 2.05) is 44.2 Å². The number of aryl methyl sites for hydroxylation is 1. The van der Waals surface area contributed by atoms with E-state index in [4.69, 9.17) is 4.52 Å². The molecular formula is C18H26N4O2. The molecule has 6 heteroatoms. The van der Waals surface area contributed by atoms with Crippen molar-refractivity contribution < 1.29 is 9.63 Å². The maximum absolute atomic E-state index is 10.7. The Balaban J connectivity index is 1.52. The minimum absolute atomic E-state index is 0.363. The zero-order valence-electron chi connectivity index (χ0n) is 14.4. The summed E-state index contributed by atoms with van der Waals surface area (Å²) in [6, 6.07) is 10.2. The summed E-state index contributed by atoms with van der Waals surface area (Å²) >= 11 is 0. The fraction of sp³-hybridized carbons (Fsp3) is 0.556. The molecule has 0 aliphatic carbocycles. The number of benzene rings is 1. The van der Waals surface area contributed by atoms with E-state index < -0.39 is 5.60 Å². The molecule has 1 aromatic carbocycles. The summed E-state index contributed by atoms with van der Waals surface area (Å²) < 4.78 is 5.04. The first-order valence-electron chi connectivity index (χ1n) is 8.56. The molecule has 2 aromatic rings. The van der Waals surface area contributed by atoms with E-state index in [0.717, 1.165) is 37.3 Å². The normalized spacial score (nSPS) is 21.5. The zero-order valence-corrected chi connectivity index (χ0v) is 14.4. The Kier molecular flexibility index (Phi) is 5.28. The highest BCUT2D eigenvalue weighted by Gasteiger charge is 2.26. The van der Waals surface area contributed by atoms with Gasteiger partial charge >= 0.3 is 0 Å². The maximum atomic E-state index is 10.7. The number of aliphatic hydroxyl groups is 1. The molecule has 130 valence electrons. The SMILES string of the molecule is Cc1nc(CN2CCC[C@@H](NC[C@@](C)(O)c3ccccc3)C2)no1. The van der Waals surface area contributed by atoms with Gasteiger partial charge in [-0.25, -0.2) is 0 Å². The highest BCUT2D eigenvalue weighted by atomic mass is 16.5. The van der Waals surface area contributed by atoms with Gasteiger partial charge in [-0.05, 0) is 31.9 Å².